The normalized spacial score (nSPS) is 18.5. The Kier molecular flexibility index (Phi) is 4.79. The molecule has 0 aliphatic carbocycles. The van der Waals surface area contributed by atoms with Crippen LogP contribution in [0, 0.1) is 6.92 Å². The van der Waals surface area contributed by atoms with Crippen LogP contribution in [0.1, 0.15) is 36.6 Å². The molecular weight excluding hydrogens is 366 g/mol. The Morgan fingerprint density at radius 1 is 0.966 bits per heavy atom. The quantitative estimate of drug-likeness (QED) is 0.594. The van der Waals surface area contributed by atoms with Crippen molar-refractivity contribution in [3.8, 4) is 34.1 Å². The molecule has 3 aromatic carbocycles. The van der Waals surface area contributed by atoms with Gasteiger partial charge >= 0.3 is 0 Å². The number of methoxy groups -OCH3 is 2. The van der Waals surface area contributed by atoms with Crippen LogP contribution in [-0.2, 0) is 6.42 Å². The van der Waals surface area contributed by atoms with Gasteiger partial charge in [0.1, 0.15) is 23.0 Å². The van der Waals surface area contributed by atoms with Gasteiger partial charge in [-0.05, 0) is 67.5 Å². The zero-order valence-corrected chi connectivity index (χ0v) is 17.5. The predicted octanol–water partition coefficient (Wildman–Crippen LogP) is 4.84. The minimum Gasteiger partial charge on any atom is -0.507 e. The minimum atomic E-state index is 0.0997. The Balaban J connectivity index is 2.12. The molecule has 0 saturated heterocycles. The second-order valence-corrected chi connectivity index (χ2v) is 7.88. The SMILES string of the molecule is COc1cc(O)c(-c2ccc(OC)c3c(O)cc(C)cc23)c2c1[C@H](C)N[C@H](C)C2. The van der Waals surface area contributed by atoms with Gasteiger partial charge in [-0.25, -0.2) is 0 Å². The average Bonchev–Trinajstić information content (AvgIpc) is 2.66. The van der Waals surface area contributed by atoms with Crippen LogP contribution in [0.25, 0.3) is 21.9 Å². The summed E-state index contributed by atoms with van der Waals surface area (Å²) in [6.45, 7) is 6.20. The van der Waals surface area contributed by atoms with E-state index in [9.17, 15) is 10.2 Å². The number of hydrogen-bond donors (Lipinski definition) is 3. The number of rotatable bonds is 3. The molecule has 5 heteroatoms. The lowest BCUT2D eigenvalue weighted by Crippen LogP contribution is -2.36. The van der Waals surface area contributed by atoms with E-state index in [4.69, 9.17) is 9.47 Å². The van der Waals surface area contributed by atoms with E-state index < -0.39 is 0 Å². The summed E-state index contributed by atoms with van der Waals surface area (Å²) in [4.78, 5) is 0. The molecule has 0 aromatic heterocycles. The molecule has 1 aliphatic rings. The molecule has 0 bridgehead atoms. The standard InChI is InChI=1S/C24H27NO4/c1-12-8-16-15(6-7-20(28-4)24(16)18(26)9-12)23-17-10-13(2)25-14(3)22(17)21(29-5)11-19(23)27/h6-9,11,13-14,25-27H,10H2,1-5H3/t13-,14+/m1/s1. The van der Waals surface area contributed by atoms with Gasteiger partial charge in [-0.3, -0.25) is 0 Å². The maximum absolute atomic E-state index is 11.0. The summed E-state index contributed by atoms with van der Waals surface area (Å²) in [5.41, 5.74) is 4.75. The fourth-order valence-electron chi connectivity index (χ4n) is 4.70. The first-order valence-electron chi connectivity index (χ1n) is 9.85. The maximum Gasteiger partial charge on any atom is 0.130 e. The molecule has 0 saturated carbocycles. The molecule has 152 valence electrons. The molecule has 2 atom stereocenters. The Labute approximate surface area is 170 Å². The average molecular weight is 393 g/mol. The van der Waals surface area contributed by atoms with Crippen molar-refractivity contribution in [1.82, 2.24) is 5.32 Å². The third kappa shape index (κ3) is 3.06. The molecule has 0 radical (unpaired) electrons. The van der Waals surface area contributed by atoms with Crippen molar-refractivity contribution in [2.45, 2.75) is 39.3 Å². The number of nitrogens with one attached hydrogen (secondary N) is 1. The molecule has 0 fully saturated rings. The van der Waals surface area contributed by atoms with E-state index in [1.54, 1.807) is 26.4 Å². The Bertz CT molecular complexity index is 1110. The van der Waals surface area contributed by atoms with Crippen LogP contribution in [0.3, 0.4) is 0 Å². The summed E-state index contributed by atoms with van der Waals surface area (Å²) in [6.07, 6.45) is 0.769. The molecule has 3 N–H and O–H groups in total. The Morgan fingerprint density at radius 2 is 1.69 bits per heavy atom. The summed E-state index contributed by atoms with van der Waals surface area (Å²) in [7, 11) is 3.22. The lowest BCUT2D eigenvalue weighted by atomic mass is 9.83. The Hall–Kier alpha value is -2.92. The molecule has 1 aliphatic heterocycles. The smallest absolute Gasteiger partial charge is 0.130 e. The van der Waals surface area contributed by atoms with E-state index in [-0.39, 0.29) is 23.6 Å². The zero-order chi connectivity index (χ0) is 20.9. The lowest BCUT2D eigenvalue weighted by molar-refractivity contribution is 0.377. The van der Waals surface area contributed by atoms with Crippen molar-refractivity contribution in [2.24, 2.45) is 0 Å². The number of phenolic OH excluding ortho intramolecular Hbond substituents is 2. The van der Waals surface area contributed by atoms with Crippen molar-refractivity contribution in [2.75, 3.05) is 14.2 Å². The number of aromatic hydroxyl groups is 2. The summed E-state index contributed by atoms with van der Waals surface area (Å²) >= 11 is 0. The third-order valence-electron chi connectivity index (χ3n) is 5.80. The number of hydrogen-bond acceptors (Lipinski definition) is 5. The van der Waals surface area contributed by atoms with Crippen LogP contribution in [0.2, 0.25) is 0 Å². The van der Waals surface area contributed by atoms with E-state index in [0.717, 1.165) is 39.6 Å². The van der Waals surface area contributed by atoms with E-state index in [1.807, 2.05) is 25.1 Å². The fourth-order valence-corrected chi connectivity index (χ4v) is 4.70. The minimum absolute atomic E-state index is 0.0997. The molecule has 4 rings (SSSR count). The largest absolute Gasteiger partial charge is 0.507 e. The van der Waals surface area contributed by atoms with E-state index in [1.165, 1.54) is 0 Å². The van der Waals surface area contributed by atoms with Crippen LogP contribution >= 0.6 is 0 Å². The summed E-state index contributed by atoms with van der Waals surface area (Å²) in [5.74, 6) is 1.63. The lowest BCUT2D eigenvalue weighted by Gasteiger charge is -2.33. The zero-order valence-electron chi connectivity index (χ0n) is 17.5. The van der Waals surface area contributed by atoms with Gasteiger partial charge in [-0.15, -0.1) is 0 Å². The van der Waals surface area contributed by atoms with Gasteiger partial charge in [0, 0.05) is 29.3 Å². The summed E-state index contributed by atoms with van der Waals surface area (Å²) < 4.78 is 11.1. The number of ether oxygens (including phenoxy) is 2. The van der Waals surface area contributed by atoms with E-state index in [0.29, 0.717) is 16.9 Å². The monoisotopic (exact) mass is 393 g/mol. The van der Waals surface area contributed by atoms with Gasteiger partial charge in [-0.1, -0.05) is 6.07 Å². The fraction of sp³-hybridized carbons (Fsp3) is 0.333. The van der Waals surface area contributed by atoms with Crippen LogP contribution in [0.4, 0.5) is 0 Å². The summed E-state index contributed by atoms with van der Waals surface area (Å²) in [5, 5.41) is 26.7. The van der Waals surface area contributed by atoms with Crippen LogP contribution in [0.5, 0.6) is 23.0 Å². The highest BCUT2D eigenvalue weighted by Gasteiger charge is 2.30. The van der Waals surface area contributed by atoms with Gasteiger partial charge in [0.05, 0.1) is 19.6 Å². The topological polar surface area (TPSA) is 71.0 Å². The van der Waals surface area contributed by atoms with E-state index >= 15 is 0 Å². The van der Waals surface area contributed by atoms with Crippen molar-refractivity contribution < 1.29 is 19.7 Å². The maximum atomic E-state index is 11.0. The van der Waals surface area contributed by atoms with Crippen LogP contribution in [0.15, 0.2) is 30.3 Å². The van der Waals surface area contributed by atoms with Gasteiger partial charge in [0.2, 0.25) is 0 Å². The summed E-state index contributed by atoms with van der Waals surface area (Å²) in [6, 6.07) is 9.61. The van der Waals surface area contributed by atoms with Crippen molar-refractivity contribution >= 4 is 10.8 Å². The van der Waals surface area contributed by atoms with Crippen molar-refractivity contribution in [3.05, 3.63) is 47.0 Å². The first-order valence-corrected chi connectivity index (χ1v) is 9.85. The molecular formula is C24H27NO4. The molecule has 0 unspecified atom stereocenters. The molecule has 0 spiro atoms. The highest BCUT2D eigenvalue weighted by molar-refractivity contribution is 6.05. The number of fused-ring (bicyclic) bond motifs is 2. The van der Waals surface area contributed by atoms with Gasteiger partial charge in [0.25, 0.3) is 0 Å². The predicted molar refractivity (Wildman–Crippen MR) is 115 cm³/mol. The number of phenols is 2. The van der Waals surface area contributed by atoms with Crippen LogP contribution in [-0.4, -0.2) is 30.5 Å². The van der Waals surface area contributed by atoms with Gasteiger partial charge < -0.3 is 25.0 Å². The first-order chi connectivity index (χ1) is 13.8. The van der Waals surface area contributed by atoms with E-state index in [2.05, 4.69) is 19.2 Å². The first kappa shape index (κ1) is 19.4. The van der Waals surface area contributed by atoms with Gasteiger partial charge in [-0.2, -0.15) is 0 Å². The van der Waals surface area contributed by atoms with Crippen molar-refractivity contribution in [3.63, 3.8) is 0 Å². The Morgan fingerprint density at radius 3 is 2.38 bits per heavy atom. The molecule has 1 heterocycles. The number of aryl methyl sites for hydroxylation is 1. The highest BCUT2D eigenvalue weighted by Crippen LogP contribution is 2.48. The molecule has 0 amide bonds. The second kappa shape index (κ2) is 7.16. The third-order valence-corrected chi connectivity index (χ3v) is 5.80. The highest BCUT2D eigenvalue weighted by atomic mass is 16.5. The molecule has 3 aromatic rings. The molecule has 5 nitrogen and oxygen atoms in total. The van der Waals surface area contributed by atoms with Crippen molar-refractivity contribution in [1.29, 1.82) is 0 Å². The van der Waals surface area contributed by atoms with Gasteiger partial charge in [0.15, 0.2) is 0 Å². The second-order valence-electron chi connectivity index (χ2n) is 7.88. The number of benzene rings is 3. The van der Waals surface area contributed by atoms with Crippen LogP contribution < -0.4 is 14.8 Å². The molecule has 29 heavy (non-hydrogen) atoms.